The van der Waals surface area contributed by atoms with E-state index in [1.165, 1.54) is 34.9 Å². The topological polar surface area (TPSA) is 51.5 Å². The van der Waals surface area contributed by atoms with Gasteiger partial charge in [-0.1, -0.05) is 6.07 Å². The van der Waals surface area contributed by atoms with Gasteiger partial charge in [0, 0.05) is 12.3 Å². The molecule has 2 aromatic carbocycles. The van der Waals surface area contributed by atoms with Crippen LogP contribution in [-0.2, 0) is 0 Å². The first-order chi connectivity index (χ1) is 10.8. The van der Waals surface area contributed by atoms with Gasteiger partial charge in [0.25, 0.3) is 0 Å². The van der Waals surface area contributed by atoms with Crippen LogP contribution in [0.4, 0.5) is 13.2 Å². The molecule has 1 aromatic heterocycles. The highest BCUT2D eigenvalue weighted by atomic mass is 19.4. The Morgan fingerprint density at radius 3 is 2.65 bits per heavy atom. The zero-order chi connectivity index (χ0) is 16.6. The second kappa shape index (κ2) is 5.25. The van der Waals surface area contributed by atoms with Crippen LogP contribution >= 0.6 is 0 Å². The Bertz CT molecular complexity index is 884. The Morgan fingerprint density at radius 1 is 1.17 bits per heavy atom. The van der Waals surface area contributed by atoms with Gasteiger partial charge in [0.05, 0.1) is 22.2 Å². The average molecular weight is 319 g/mol. The van der Waals surface area contributed by atoms with Gasteiger partial charge in [-0.3, -0.25) is 4.57 Å². The SMILES string of the molecule is O=C(O)c1ccc2c(c#cn2-c2cccc(OC(F)(F)F)c2)c1. The summed E-state index contributed by atoms with van der Waals surface area (Å²) < 4.78 is 42.2. The van der Waals surface area contributed by atoms with Crippen LogP contribution in [0.1, 0.15) is 10.4 Å². The van der Waals surface area contributed by atoms with E-state index in [4.69, 9.17) is 5.11 Å². The van der Waals surface area contributed by atoms with E-state index in [0.29, 0.717) is 16.6 Å². The van der Waals surface area contributed by atoms with Crippen molar-refractivity contribution in [3.05, 3.63) is 60.3 Å². The van der Waals surface area contributed by atoms with Gasteiger partial charge in [-0.25, -0.2) is 4.79 Å². The molecule has 0 aliphatic rings. The van der Waals surface area contributed by atoms with Crippen molar-refractivity contribution in [3.8, 4) is 11.4 Å². The predicted octanol–water partition coefficient (Wildman–Crippen LogP) is 3.83. The quantitative estimate of drug-likeness (QED) is 0.798. The van der Waals surface area contributed by atoms with Gasteiger partial charge in [0.1, 0.15) is 5.75 Å². The summed E-state index contributed by atoms with van der Waals surface area (Å²) in [5.74, 6) is -1.43. The average Bonchev–Trinajstić information content (AvgIpc) is 2.88. The van der Waals surface area contributed by atoms with Crippen molar-refractivity contribution in [1.29, 1.82) is 0 Å². The van der Waals surface area contributed by atoms with Gasteiger partial charge in [-0.2, -0.15) is 0 Å². The number of rotatable bonds is 3. The van der Waals surface area contributed by atoms with Gasteiger partial charge in [0.2, 0.25) is 0 Å². The molecule has 0 atom stereocenters. The lowest BCUT2D eigenvalue weighted by atomic mass is 10.1. The number of carbonyl (C=O) groups is 1. The van der Waals surface area contributed by atoms with Crippen molar-refractivity contribution in [2.24, 2.45) is 0 Å². The fourth-order valence-electron chi connectivity index (χ4n) is 2.16. The summed E-state index contributed by atoms with van der Waals surface area (Å²) in [6, 6.07) is 12.5. The molecule has 0 saturated heterocycles. The van der Waals surface area contributed by atoms with Crippen molar-refractivity contribution >= 4 is 16.9 Å². The number of alkyl halides is 3. The van der Waals surface area contributed by atoms with Crippen LogP contribution in [0.3, 0.4) is 0 Å². The third-order valence-electron chi connectivity index (χ3n) is 3.10. The number of halogens is 3. The smallest absolute Gasteiger partial charge is 0.478 e. The van der Waals surface area contributed by atoms with E-state index in [0.717, 1.165) is 0 Å². The molecular formula is C16H8F3NO3. The Morgan fingerprint density at radius 2 is 1.96 bits per heavy atom. The molecule has 7 heteroatoms. The molecule has 0 amide bonds. The van der Waals surface area contributed by atoms with E-state index in [-0.39, 0.29) is 11.3 Å². The second-order valence-corrected chi connectivity index (χ2v) is 4.65. The van der Waals surface area contributed by atoms with Gasteiger partial charge < -0.3 is 9.84 Å². The summed E-state index contributed by atoms with van der Waals surface area (Å²) in [5.41, 5.74) is 1.05. The fourth-order valence-corrected chi connectivity index (χ4v) is 2.16. The Balaban J connectivity index is 2.03. The molecule has 0 unspecified atom stereocenters. The van der Waals surface area contributed by atoms with Crippen LogP contribution in [0.2, 0.25) is 0 Å². The number of carboxylic acid groups (broad SMARTS) is 1. The normalized spacial score (nSPS) is 11.3. The molecule has 116 valence electrons. The first-order valence-corrected chi connectivity index (χ1v) is 6.38. The molecule has 3 aromatic rings. The number of hydrogen-bond donors (Lipinski definition) is 1. The van der Waals surface area contributed by atoms with Crippen molar-refractivity contribution in [1.82, 2.24) is 4.57 Å². The van der Waals surface area contributed by atoms with Crippen LogP contribution in [0.25, 0.3) is 16.6 Å². The number of nitrogens with zero attached hydrogens (tertiary/aromatic N) is 1. The summed E-state index contributed by atoms with van der Waals surface area (Å²) in [7, 11) is 0. The summed E-state index contributed by atoms with van der Waals surface area (Å²) in [6.07, 6.45) is -2.03. The molecule has 23 heavy (non-hydrogen) atoms. The maximum atomic E-state index is 12.3. The van der Waals surface area contributed by atoms with E-state index in [1.54, 1.807) is 12.1 Å². The van der Waals surface area contributed by atoms with Gasteiger partial charge in [0.15, 0.2) is 0 Å². The van der Waals surface area contributed by atoms with Crippen LogP contribution in [0.5, 0.6) is 5.75 Å². The Hall–Kier alpha value is -3.14. The molecule has 0 fully saturated rings. The van der Waals surface area contributed by atoms with E-state index in [1.807, 2.05) is 0 Å². The van der Waals surface area contributed by atoms with E-state index in [9.17, 15) is 18.0 Å². The minimum atomic E-state index is -4.77. The lowest BCUT2D eigenvalue weighted by molar-refractivity contribution is -0.274. The Labute approximate surface area is 128 Å². The number of hydrogen-bond acceptors (Lipinski definition) is 2. The van der Waals surface area contributed by atoms with Crippen molar-refractivity contribution in [2.45, 2.75) is 6.36 Å². The zero-order valence-electron chi connectivity index (χ0n) is 11.4. The number of aromatic nitrogens is 1. The molecule has 3 rings (SSSR count). The highest BCUT2D eigenvalue weighted by molar-refractivity contribution is 5.93. The monoisotopic (exact) mass is 319 g/mol. The predicted molar refractivity (Wildman–Crippen MR) is 74.6 cm³/mol. The second-order valence-electron chi connectivity index (χ2n) is 4.65. The number of carboxylic acids is 1. The van der Waals surface area contributed by atoms with Gasteiger partial charge in [-0.05, 0) is 36.4 Å². The van der Waals surface area contributed by atoms with Crippen LogP contribution < -0.4 is 4.74 Å². The molecule has 1 N–H and O–H groups in total. The summed E-state index contributed by atoms with van der Waals surface area (Å²) >= 11 is 0. The molecular weight excluding hydrogens is 311 g/mol. The maximum Gasteiger partial charge on any atom is 0.573 e. The van der Waals surface area contributed by atoms with E-state index < -0.39 is 12.3 Å². The molecule has 0 saturated carbocycles. The minimum Gasteiger partial charge on any atom is -0.478 e. The van der Waals surface area contributed by atoms with Gasteiger partial charge >= 0.3 is 12.3 Å². The summed E-state index contributed by atoms with van der Waals surface area (Å²) in [4.78, 5) is 10.9. The highest BCUT2D eigenvalue weighted by Crippen LogP contribution is 2.26. The zero-order valence-corrected chi connectivity index (χ0v) is 11.4. The number of ether oxygens (including phenoxy) is 1. The molecule has 0 bridgehead atoms. The standard InChI is InChI=1S/C16H8F3NO3/c17-16(18,19)23-13-3-1-2-12(9-13)20-7-6-10-8-11(15(21)22)4-5-14(10)20/h1-5,8-9H,(H,21,22). The summed E-state index contributed by atoms with van der Waals surface area (Å²) in [5, 5.41) is 9.45. The lowest BCUT2D eigenvalue weighted by Crippen LogP contribution is -2.17. The Kier molecular flexibility index (Phi) is 3.37. The molecule has 0 aliphatic carbocycles. The third-order valence-corrected chi connectivity index (χ3v) is 3.10. The number of aromatic carboxylic acids is 1. The van der Waals surface area contributed by atoms with Gasteiger partial charge in [-0.15, -0.1) is 13.2 Å². The van der Waals surface area contributed by atoms with Crippen molar-refractivity contribution < 1.29 is 27.8 Å². The fraction of sp³-hybridized carbons (Fsp3) is 0.0625. The van der Waals surface area contributed by atoms with E-state index >= 15 is 0 Å². The number of benzene rings is 2. The van der Waals surface area contributed by atoms with Crippen LogP contribution in [-0.4, -0.2) is 22.0 Å². The van der Waals surface area contributed by atoms with Crippen LogP contribution in [0, 0.1) is 12.3 Å². The lowest BCUT2D eigenvalue weighted by Gasteiger charge is -2.10. The largest absolute Gasteiger partial charge is 0.573 e. The van der Waals surface area contributed by atoms with E-state index in [2.05, 4.69) is 17.0 Å². The van der Waals surface area contributed by atoms with Crippen LogP contribution in [0.15, 0.2) is 42.5 Å². The highest BCUT2D eigenvalue weighted by Gasteiger charge is 2.31. The summed E-state index contributed by atoms with van der Waals surface area (Å²) in [6.45, 7) is 0. The maximum absolute atomic E-state index is 12.3. The van der Waals surface area contributed by atoms with Crippen molar-refractivity contribution in [3.63, 3.8) is 0 Å². The molecule has 0 radical (unpaired) electrons. The third kappa shape index (κ3) is 3.06. The molecule has 4 nitrogen and oxygen atoms in total. The molecule has 1 heterocycles. The first kappa shape index (κ1) is 14.8. The minimum absolute atomic E-state index is 0.0917. The number of fused-ring (bicyclic) bond motifs is 1. The van der Waals surface area contributed by atoms with Crippen molar-refractivity contribution in [2.75, 3.05) is 0 Å². The first-order valence-electron chi connectivity index (χ1n) is 6.38. The molecule has 0 spiro atoms. The molecule has 0 aliphatic heterocycles.